The van der Waals surface area contributed by atoms with Crippen molar-refractivity contribution in [2.24, 2.45) is 5.73 Å². The lowest BCUT2D eigenvalue weighted by Crippen LogP contribution is -2.08. The van der Waals surface area contributed by atoms with E-state index in [1.165, 1.54) is 19.2 Å². The number of nitrogens with two attached hydrogens (primary N) is 1. The second-order valence-corrected chi connectivity index (χ2v) is 11.2. The van der Waals surface area contributed by atoms with Crippen LogP contribution in [0.4, 0.5) is 26.3 Å². The minimum Gasteiger partial charge on any atom is -0.496 e. The lowest BCUT2D eigenvalue weighted by molar-refractivity contribution is -0.138. The molecule has 0 aliphatic rings. The van der Waals surface area contributed by atoms with Crippen molar-refractivity contribution in [3.05, 3.63) is 106 Å². The van der Waals surface area contributed by atoms with Crippen molar-refractivity contribution in [1.82, 2.24) is 0 Å². The molecule has 0 fully saturated rings. The van der Waals surface area contributed by atoms with Gasteiger partial charge in [-0.15, -0.1) is 0 Å². The van der Waals surface area contributed by atoms with Crippen LogP contribution < -0.4 is 15.2 Å². The average molecular weight is 643 g/mol. The van der Waals surface area contributed by atoms with Crippen LogP contribution in [0.2, 0.25) is 0 Å². The number of hydrogen-bond donors (Lipinski definition) is 1. The van der Waals surface area contributed by atoms with Crippen LogP contribution in [0.5, 0.6) is 11.5 Å². The van der Waals surface area contributed by atoms with Gasteiger partial charge in [0.25, 0.3) is 0 Å². The zero-order valence-electron chi connectivity index (χ0n) is 26.4. The highest BCUT2D eigenvalue weighted by Gasteiger charge is 2.32. The first kappa shape index (κ1) is 36.0. The fourth-order valence-corrected chi connectivity index (χ4v) is 4.84. The number of methoxy groups -OCH3 is 2. The number of hydrogen-bond acceptors (Lipinski definition) is 4. The van der Waals surface area contributed by atoms with Crippen molar-refractivity contribution < 1.29 is 35.8 Å². The Labute approximate surface area is 265 Å². The zero-order valence-corrected chi connectivity index (χ0v) is 26.4. The molecular formula is C36H36F6N2O2. The largest absolute Gasteiger partial charge is 0.496 e. The van der Waals surface area contributed by atoms with Gasteiger partial charge in [0, 0.05) is 23.2 Å². The molecule has 46 heavy (non-hydrogen) atoms. The summed E-state index contributed by atoms with van der Waals surface area (Å²) < 4.78 is 87.8. The minimum atomic E-state index is -4.48. The van der Waals surface area contributed by atoms with Crippen molar-refractivity contribution in [2.45, 2.75) is 58.4 Å². The number of benzene rings is 4. The van der Waals surface area contributed by atoms with Crippen molar-refractivity contribution >= 4 is 0 Å². The summed E-state index contributed by atoms with van der Waals surface area (Å²) in [5.41, 5.74) is 9.14. The maximum absolute atomic E-state index is 12.9. The summed E-state index contributed by atoms with van der Waals surface area (Å²) in [6.07, 6.45) is -8.86. The Kier molecular flexibility index (Phi) is 11.5. The molecule has 10 heteroatoms. The van der Waals surface area contributed by atoms with E-state index in [4.69, 9.17) is 15.2 Å². The number of alkyl halides is 6. The molecule has 0 radical (unpaired) electrons. The highest BCUT2D eigenvalue weighted by molar-refractivity contribution is 5.77. The highest BCUT2D eigenvalue weighted by Crippen LogP contribution is 2.39. The third kappa shape index (κ3) is 8.40. The average Bonchev–Trinajstić information content (AvgIpc) is 3.02. The number of halogens is 6. The van der Waals surface area contributed by atoms with E-state index in [1.807, 2.05) is 50.2 Å². The van der Waals surface area contributed by atoms with Gasteiger partial charge in [0.2, 0.25) is 0 Å². The molecule has 244 valence electrons. The lowest BCUT2D eigenvalue weighted by atomic mass is 9.93. The van der Waals surface area contributed by atoms with Crippen molar-refractivity contribution in [3.63, 3.8) is 0 Å². The number of rotatable bonds is 7. The monoisotopic (exact) mass is 642 g/mol. The molecule has 0 spiro atoms. The molecule has 4 aromatic carbocycles. The predicted molar refractivity (Wildman–Crippen MR) is 168 cm³/mol. The van der Waals surface area contributed by atoms with Crippen molar-refractivity contribution in [2.75, 3.05) is 14.2 Å². The summed E-state index contributed by atoms with van der Waals surface area (Å²) in [4.78, 5) is 0. The van der Waals surface area contributed by atoms with E-state index in [-0.39, 0.29) is 18.0 Å². The summed E-state index contributed by atoms with van der Waals surface area (Å²) in [5.74, 6) is 1.68. The molecule has 0 aliphatic heterocycles. The molecule has 0 aliphatic carbocycles. The zero-order chi connectivity index (χ0) is 34.4. The molecule has 0 aromatic heterocycles. The third-order valence-electron chi connectivity index (χ3n) is 7.48. The molecule has 0 bridgehead atoms. The maximum Gasteiger partial charge on any atom is 0.416 e. The van der Waals surface area contributed by atoms with Crippen molar-refractivity contribution in [1.29, 1.82) is 5.26 Å². The van der Waals surface area contributed by atoms with Gasteiger partial charge in [-0.25, -0.2) is 0 Å². The van der Waals surface area contributed by atoms with Gasteiger partial charge in [0.05, 0.1) is 37.0 Å². The minimum absolute atomic E-state index is 0.0221. The molecule has 0 saturated heterocycles. The van der Waals surface area contributed by atoms with Gasteiger partial charge in [-0.2, -0.15) is 31.6 Å². The standard InChI is InChI=1S/C18H20F3NO.C18H16F3NO/c2*1-11(2)12-4-7-17(23-3)16(9-12)15-6-5-14(18(19,20)21)8-13(15)10-22/h4-9,11H,10,22H2,1-3H3;4-9,11H,1-3H3. The Morgan fingerprint density at radius 2 is 1.07 bits per heavy atom. The number of ether oxygens (including phenoxy) is 2. The lowest BCUT2D eigenvalue weighted by Gasteiger charge is -2.17. The molecule has 2 N–H and O–H groups in total. The smallest absolute Gasteiger partial charge is 0.416 e. The van der Waals surface area contributed by atoms with Crippen molar-refractivity contribution in [3.8, 4) is 39.8 Å². The first-order chi connectivity index (χ1) is 21.5. The Bertz CT molecular complexity index is 1700. The second kappa shape index (κ2) is 14.7. The van der Waals surface area contributed by atoms with E-state index in [0.29, 0.717) is 39.7 Å². The van der Waals surface area contributed by atoms with Crippen LogP contribution in [0, 0.1) is 11.3 Å². The highest BCUT2D eigenvalue weighted by atomic mass is 19.4. The summed E-state index contributed by atoms with van der Waals surface area (Å²) in [6, 6.07) is 20.0. The van der Waals surface area contributed by atoms with Gasteiger partial charge in [-0.3, -0.25) is 0 Å². The van der Waals surface area contributed by atoms with E-state index in [0.717, 1.165) is 41.0 Å². The van der Waals surface area contributed by atoms with E-state index in [1.54, 1.807) is 13.2 Å². The van der Waals surface area contributed by atoms with Crippen LogP contribution in [0.25, 0.3) is 22.3 Å². The van der Waals surface area contributed by atoms with E-state index in [9.17, 15) is 31.6 Å². The maximum atomic E-state index is 12.9. The topological polar surface area (TPSA) is 68.3 Å². The van der Waals surface area contributed by atoms with Crippen LogP contribution in [0.3, 0.4) is 0 Å². The molecular weight excluding hydrogens is 606 g/mol. The van der Waals surface area contributed by atoms with E-state index < -0.39 is 23.5 Å². The Balaban J connectivity index is 0.000000250. The van der Waals surface area contributed by atoms with Gasteiger partial charge < -0.3 is 15.2 Å². The Morgan fingerprint density at radius 3 is 1.46 bits per heavy atom. The molecule has 0 amide bonds. The first-order valence-electron chi connectivity index (χ1n) is 14.4. The summed E-state index contributed by atoms with van der Waals surface area (Å²) in [6.45, 7) is 8.17. The normalized spacial score (nSPS) is 11.6. The van der Waals surface area contributed by atoms with Gasteiger partial charge >= 0.3 is 12.4 Å². The van der Waals surface area contributed by atoms with Gasteiger partial charge in [0.1, 0.15) is 11.5 Å². The SMILES string of the molecule is COc1ccc(C(C)C)cc1-c1ccc(C(F)(F)F)cc1C#N.COc1ccc(C(C)C)cc1-c1ccc(C(F)(F)F)cc1CN. The molecule has 0 unspecified atom stereocenters. The molecule has 0 heterocycles. The van der Waals surface area contributed by atoms with Gasteiger partial charge in [-0.1, -0.05) is 52.0 Å². The predicted octanol–water partition coefficient (Wildman–Crippen LogP) is 10.3. The Morgan fingerprint density at radius 1 is 0.630 bits per heavy atom. The number of nitrogens with zero attached hydrogens (tertiary/aromatic N) is 1. The van der Waals surface area contributed by atoms with Crippen LogP contribution in [-0.4, -0.2) is 14.2 Å². The molecule has 0 saturated carbocycles. The van der Waals surface area contributed by atoms with Gasteiger partial charge in [0.15, 0.2) is 0 Å². The molecule has 4 rings (SSSR count). The fourth-order valence-electron chi connectivity index (χ4n) is 4.84. The molecule has 4 aromatic rings. The quantitative estimate of drug-likeness (QED) is 0.204. The van der Waals surface area contributed by atoms with Crippen LogP contribution in [0.1, 0.15) is 72.9 Å². The molecule has 4 nitrogen and oxygen atoms in total. The van der Waals surface area contributed by atoms with Crippen LogP contribution in [0.15, 0.2) is 72.8 Å². The van der Waals surface area contributed by atoms with Crippen LogP contribution >= 0.6 is 0 Å². The molecule has 0 atom stereocenters. The summed E-state index contributed by atoms with van der Waals surface area (Å²) >= 11 is 0. The Hall–Kier alpha value is -4.49. The van der Waals surface area contributed by atoms with E-state index in [2.05, 4.69) is 13.8 Å². The summed E-state index contributed by atoms with van der Waals surface area (Å²) in [5, 5.41) is 9.25. The van der Waals surface area contributed by atoms with E-state index >= 15 is 0 Å². The van der Waals surface area contributed by atoms with Crippen LogP contribution in [-0.2, 0) is 18.9 Å². The second-order valence-electron chi connectivity index (χ2n) is 11.2. The first-order valence-corrected chi connectivity index (χ1v) is 14.4. The fraction of sp³-hybridized carbons (Fsp3) is 0.306. The summed E-state index contributed by atoms with van der Waals surface area (Å²) in [7, 11) is 3.03. The third-order valence-corrected chi connectivity index (χ3v) is 7.48. The van der Waals surface area contributed by atoms with Gasteiger partial charge in [-0.05, 0) is 82.6 Å². The number of nitriles is 1.